The minimum absolute atomic E-state index is 0.0725. The summed E-state index contributed by atoms with van der Waals surface area (Å²) in [4.78, 5) is 11.7. The lowest BCUT2D eigenvalue weighted by atomic mass is 9.93. The molecule has 0 spiro atoms. The van der Waals surface area contributed by atoms with Crippen molar-refractivity contribution in [3.63, 3.8) is 0 Å². The van der Waals surface area contributed by atoms with Crippen molar-refractivity contribution < 1.29 is 14.3 Å². The number of aliphatic hydroxyl groups is 1. The first-order chi connectivity index (χ1) is 10.4. The first kappa shape index (κ1) is 16.4. The second-order valence-electron chi connectivity index (χ2n) is 6.12. The van der Waals surface area contributed by atoms with Gasteiger partial charge in [0.05, 0.1) is 5.60 Å². The van der Waals surface area contributed by atoms with Crippen molar-refractivity contribution in [2.45, 2.75) is 32.8 Å². The standard InChI is InChI=1S/C17H24N2O3/c1-12(2)17(3,21)11-19-16(20)18-9-8-14-10-13-6-4-5-7-15(13)22-14/h4-7,10,12,21H,8-9,11H2,1-3H3,(H2,18,19,20). The highest BCUT2D eigenvalue weighted by atomic mass is 16.3. The lowest BCUT2D eigenvalue weighted by molar-refractivity contribution is 0.0166. The first-order valence-corrected chi connectivity index (χ1v) is 7.60. The molecule has 0 aliphatic heterocycles. The van der Waals surface area contributed by atoms with Gasteiger partial charge in [-0.1, -0.05) is 32.0 Å². The number of rotatable bonds is 6. The van der Waals surface area contributed by atoms with E-state index in [2.05, 4.69) is 10.6 Å². The number of carbonyl (C=O) groups is 1. The van der Waals surface area contributed by atoms with Crippen LogP contribution in [0.25, 0.3) is 11.0 Å². The molecule has 2 aromatic rings. The van der Waals surface area contributed by atoms with Gasteiger partial charge in [0.25, 0.3) is 0 Å². The molecule has 2 amide bonds. The maximum absolute atomic E-state index is 11.7. The Morgan fingerprint density at radius 1 is 1.32 bits per heavy atom. The largest absolute Gasteiger partial charge is 0.461 e. The first-order valence-electron chi connectivity index (χ1n) is 7.60. The summed E-state index contributed by atoms with van der Waals surface area (Å²) < 4.78 is 5.68. The summed E-state index contributed by atoms with van der Waals surface area (Å²) in [5, 5.41) is 16.6. The van der Waals surface area contributed by atoms with Crippen LogP contribution in [0.1, 0.15) is 26.5 Å². The number of benzene rings is 1. The Morgan fingerprint density at radius 3 is 2.73 bits per heavy atom. The molecule has 1 aromatic heterocycles. The van der Waals surface area contributed by atoms with Crippen molar-refractivity contribution in [3.8, 4) is 0 Å². The van der Waals surface area contributed by atoms with Crippen molar-refractivity contribution in [2.24, 2.45) is 5.92 Å². The van der Waals surface area contributed by atoms with Gasteiger partial charge in [-0.05, 0) is 25.0 Å². The number of amides is 2. The number of nitrogens with one attached hydrogen (secondary N) is 2. The van der Waals surface area contributed by atoms with Gasteiger partial charge in [-0.3, -0.25) is 0 Å². The Hall–Kier alpha value is -2.01. The van der Waals surface area contributed by atoms with Crippen LogP contribution in [0.3, 0.4) is 0 Å². The Bertz CT molecular complexity index is 599. The fourth-order valence-corrected chi connectivity index (χ4v) is 1.99. The van der Waals surface area contributed by atoms with Crippen molar-refractivity contribution in [1.29, 1.82) is 0 Å². The number of hydrogen-bond donors (Lipinski definition) is 3. The van der Waals surface area contributed by atoms with Gasteiger partial charge >= 0.3 is 6.03 Å². The van der Waals surface area contributed by atoms with E-state index in [0.717, 1.165) is 16.7 Å². The third kappa shape index (κ3) is 4.24. The molecule has 0 saturated heterocycles. The predicted octanol–water partition coefficient (Wildman–Crippen LogP) is 2.68. The number of fused-ring (bicyclic) bond motifs is 1. The minimum Gasteiger partial charge on any atom is -0.461 e. The van der Waals surface area contributed by atoms with E-state index >= 15 is 0 Å². The van der Waals surface area contributed by atoms with Crippen LogP contribution >= 0.6 is 0 Å². The molecule has 0 aliphatic rings. The fourth-order valence-electron chi connectivity index (χ4n) is 1.99. The highest BCUT2D eigenvalue weighted by Gasteiger charge is 2.25. The van der Waals surface area contributed by atoms with Crippen molar-refractivity contribution in [3.05, 3.63) is 36.1 Å². The van der Waals surface area contributed by atoms with Gasteiger partial charge in [-0.25, -0.2) is 4.79 Å². The van der Waals surface area contributed by atoms with Gasteiger partial charge in [-0.2, -0.15) is 0 Å². The monoisotopic (exact) mass is 304 g/mol. The lowest BCUT2D eigenvalue weighted by Crippen LogP contribution is -2.47. The van der Waals surface area contributed by atoms with E-state index in [1.54, 1.807) is 6.92 Å². The topological polar surface area (TPSA) is 74.5 Å². The molecular formula is C17H24N2O3. The average Bonchev–Trinajstić information content (AvgIpc) is 2.87. The summed E-state index contributed by atoms with van der Waals surface area (Å²) in [6, 6.07) is 9.52. The third-order valence-electron chi connectivity index (χ3n) is 3.98. The lowest BCUT2D eigenvalue weighted by Gasteiger charge is -2.27. The molecule has 2 rings (SSSR count). The molecule has 0 fully saturated rings. The highest BCUT2D eigenvalue weighted by Crippen LogP contribution is 2.18. The molecule has 0 bridgehead atoms. The summed E-state index contributed by atoms with van der Waals surface area (Å²) in [6.07, 6.45) is 0.628. The molecule has 120 valence electrons. The highest BCUT2D eigenvalue weighted by molar-refractivity contribution is 5.77. The Labute approximate surface area is 130 Å². The molecule has 1 aromatic carbocycles. The smallest absolute Gasteiger partial charge is 0.314 e. The van der Waals surface area contributed by atoms with Gasteiger partial charge in [0.1, 0.15) is 11.3 Å². The van der Waals surface area contributed by atoms with E-state index in [1.165, 1.54) is 0 Å². The van der Waals surface area contributed by atoms with E-state index in [-0.39, 0.29) is 18.5 Å². The second kappa shape index (κ2) is 6.83. The van der Waals surface area contributed by atoms with Gasteiger partial charge < -0.3 is 20.2 Å². The number of furan rings is 1. The van der Waals surface area contributed by atoms with Crippen molar-refractivity contribution in [1.82, 2.24) is 10.6 Å². The summed E-state index contributed by atoms with van der Waals surface area (Å²) >= 11 is 0. The molecule has 1 atom stereocenters. The SMILES string of the molecule is CC(C)C(C)(O)CNC(=O)NCCc1cc2ccccc2o1. The Morgan fingerprint density at radius 2 is 2.05 bits per heavy atom. The molecule has 0 aliphatic carbocycles. The van der Waals surface area contributed by atoms with Crippen LogP contribution in [0, 0.1) is 5.92 Å². The summed E-state index contributed by atoms with van der Waals surface area (Å²) in [7, 11) is 0. The van der Waals surface area contributed by atoms with Crippen LogP contribution < -0.4 is 10.6 Å². The van der Waals surface area contributed by atoms with Crippen LogP contribution in [0.5, 0.6) is 0 Å². The maximum Gasteiger partial charge on any atom is 0.314 e. The Balaban J connectivity index is 1.75. The van der Waals surface area contributed by atoms with Crippen molar-refractivity contribution >= 4 is 17.0 Å². The average molecular weight is 304 g/mol. The number of para-hydroxylation sites is 1. The van der Waals surface area contributed by atoms with Crippen LogP contribution in [0.15, 0.2) is 34.7 Å². The van der Waals surface area contributed by atoms with Crippen LogP contribution in [0.4, 0.5) is 4.79 Å². The van der Waals surface area contributed by atoms with E-state index in [0.29, 0.717) is 13.0 Å². The maximum atomic E-state index is 11.7. The van der Waals surface area contributed by atoms with Gasteiger partial charge in [0, 0.05) is 24.9 Å². The fraction of sp³-hybridized carbons (Fsp3) is 0.471. The molecule has 1 heterocycles. The zero-order valence-corrected chi connectivity index (χ0v) is 13.3. The van der Waals surface area contributed by atoms with Crippen LogP contribution in [-0.4, -0.2) is 29.8 Å². The van der Waals surface area contributed by atoms with Gasteiger partial charge in [0.2, 0.25) is 0 Å². The second-order valence-corrected chi connectivity index (χ2v) is 6.12. The van der Waals surface area contributed by atoms with E-state index in [4.69, 9.17) is 4.42 Å². The molecule has 1 unspecified atom stereocenters. The molecule has 5 heteroatoms. The summed E-state index contributed by atoms with van der Waals surface area (Å²) in [5.74, 6) is 0.916. The van der Waals surface area contributed by atoms with Crippen LogP contribution in [-0.2, 0) is 6.42 Å². The van der Waals surface area contributed by atoms with E-state index in [9.17, 15) is 9.90 Å². The van der Waals surface area contributed by atoms with E-state index in [1.807, 2.05) is 44.2 Å². The van der Waals surface area contributed by atoms with Crippen LogP contribution in [0.2, 0.25) is 0 Å². The zero-order chi connectivity index (χ0) is 16.2. The normalized spacial score (nSPS) is 14.0. The zero-order valence-electron chi connectivity index (χ0n) is 13.3. The summed E-state index contributed by atoms with van der Waals surface area (Å²) in [5.41, 5.74) is -0.0503. The molecule has 5 nitrogen and oxygen atoms in total. The predicted molar refractivity (Wildman–Crippen MR) is 86.8 cm³/mol. The Kier molecular flexibility index (Phi) is 5.08. The van der Waals surface area contributed by atoms with Gasteiger partial charge in [-0.15, -0.1) is 0 Å². The molecular weight excluding hydrogens is 280 g/mol. The third-order valence-corrected chi connectivity index (χ3v) is 3.98. The number of carbonyl (C=O) groups excluding carboxylic acids is 1. The van der Waals surface area contributed by atoms with Gasteiger partial charge in [0.15, 0.2) is 0 Å². The number of urea groups is 1. The van der Waals surface area contributed by atoms with E-state index < -0.39 is 5.60 Å². The quantitative estimate of drug-likeness (QED) is 0.768. The molecule has 3 N–H and O–H groups in total. The molecule has 0 radical (unpaired) electrons. The van der Waals surface area contributed by atoms with Crippen molar-refractivity contribution in [2.75, 3.05) is 13.1 Å². The minimum atomic E-state index is -0.907. The molecule has 0 saturated carbocycles. The summed E-state index contributed by atoms with van der Waals surface area (Å²) in [6.45, 7) is 6.26. The molecule has 22 heavy (non-hydrogen) atoms. The number of hydrogen-bond acceptors (Lipinski definition) is 3.